The summed E-state index contributed by atoms with van der Waals surface area (Å²) >= 11 is 5.49. The van der Waals surface area contributed by atoms with Crippen LogP contribution in [0.5, 0.6) is 0 Å². The Balaban J connectivity index is 2.12. The van der Waals surface area contributed by atoms with Gasteiger partial charge in [0, 0.05) is 15.4 Å². The zero-order valence-corrected chi connectivity index (χ0v) is 13.7. The van der Waals surface area contributed by atoms with E-state index in [2.05, 4.69) is 67.4 Å². The van der Waals surface area contributed by atoms with E-state index < -0.39 is 0 Å². The van der Waals surface area contributed by atoms with Gasteiger partial charge in [-0.1, -0.05) is 27.7 Å². The van der Waals surface area contributed by atoms with Crippen LogP contribution in [-0.4, -0.2) is 13.1 Å². The number of thiophene rings is 1. The van der Waals surface area contributed by atoms with Crippen molar-refractivity contribution in [2.24, 2.45) is 16.7 Å². The van der Waals surface area contributed by atoms with Crippen LogP contribution in [0.2, 0.25) is 0 Å². The molecule has 1 atom stereocenters. The molecule has 1 heterocycles. The second-order valence-corrected chi connectivity index (χ2v) is 8.07. The van der Waals surface area contributed by atoms with E-state index in [1.54, 1.807) is 0 Å². The lowest BCUT2D eigenvalue weighted by Gasteiger charge is -2.18. The smallest absolute Gasteiger partial charge is 0.0314 e. The lowest BCUT2D eigenvalue weighted by Crippen LogP contribution is -2.32. The molecular formula is C14H22BrNS. The van der Waals surface area contributed by atoms with Gasteiger partial charge in [-0.3, -0.25) is 0 Å². The Morgan fingerprint density at radius 2 is 1.94 bits per heavy atom. The summed E-state index contributed by atoms with van der Waals surface area (Å²) in [5.41, 5.74) is 0.898. The largest absolute Gasteiger partial charge is 0.316 e. The molecule has 3 heteroatoms. The van der Waals surface area contributed by atoms with Gasteiger partial charge >= 0.3 is 0 Å². The third kappa shape index (κ3) is 2.11. The van der Waals surface area contributed by atoms with E-state index >= 15 is 0 Å². The van der Waals surface area contributed by atoms with Crippen LogP contribution in [0.15, 0.2) is 15.9 Å². The van der Waals surface area contributed by atoms with Gasteiger partial charge in [0.25, 0.3) is 0 Å². The molecule has 0 radical (unpaired) electrons. The standard InChI is InChI=1S/C14H22BrNS/c1-13(2)12(14(13,3)4)10(16-5)8-11-9(15)6-7-17-11/h6-7,10,12,16H,8H2,1-5H3. The molecule has 0 amide bonds. The van der Waals surface area contributed by atoms with Crippen LogP contribution in [0.1, 0.15) is 32.6 Å². The molecule has 1 aliphatic rings. The van der Waals surface area contributed by atoms with E-state index in [4.69, 9.17) is 0 Å². The van der Waals surface area contributed by atoms with Crippen LogP contribution in [0, 0.1) is 16.7 Å². The van der Waals surface area contributed by atoms with Crippen molar-refractivity contribution in [3.63, 3.8) is 0 Å². The van der Waals surface area contributed by atoms with Gasteiger partial charge in [0.1, 0.15) is 0 Å². The molecule has 96 valence electrons. The molecule has 2 rings (SSSR count). The van der Waals surface area contributed by atoms with Crippen molar-refractivity contribution in [2.75, 3.05) is 7.05 Å². The maximum atomic E-state index is 3.63. The van der Waals surface area contributed by atoms with E-state index in [1.165, 1.54) is 9.35 Å². The van der Waals surface area contributed by atoms with Gasteiger partial charge in [-0.15, -0.1) is 11.3 Å². The second-order valence-electron chi connectivity index (χ2n) is 6.21. The summed E-state index contributed by atoms with van der Waals surface area (Å²) in [7, 11) is 2.09. The lowest BCUT2D eigenvalue weighted by atomic mass is 10.0. The molecule has 0 aromatic carbocycles. The molecule has 0 spiro atoms. The van der Waals surface area contributed by atoms with Gasteiger partial charge in [-0.25, -0.2) is 0 Å². The van der Waals surface area contributed by atoms with Gasteiger partial charge in [-0.2, -0.15) is 0 Å². The predicted molar refractivity (Wildman–Crippen MR) is 79.6 cm³/mol. The monoisotopic (exact) mass is 315 g/mol. The van der Waals surface area contributed by atoms with Gasteiger partial charge in [-0.05, 0) is 57.6 Å². The average molecular weight is 316 g/mol. The third-order valence-electron chi connectivity index (χ3n) is 5.00. The third-order valence-corrected chi connectivity index (χ3v) is 6.95. The molecule has 1 fully saturated rings. The van der Waals surface area contributed by atoms with E-state index in [0.717, 1.165) is 12.3 Å². The van der Waals surface area contributed by atoms with Crippen molar-refractivity contribution < 1.29 is 0 Å². The normalized spacial score (nSPS) is 23.6. The Labute approximate surface area is 117 Å². The lowest BCUT2D eigenvalue weighted by molar-refractivity contribution is 0.422. The number of nitrogens with one attached hydrogen (secondary N) is 1. The highest BCUT2D eigenvalue weighted by molar-refractivity contribution is 9.10. The van der Waals surface area contributed by atoms with Crippen molar-refractivity contribution in [1.29, 1.82) is 0 Å². The Morgan fingerprint density at radius 3 is 2.29 bits per heavy atom. The summed E-state index contributed by atoms with van der Waals surface area (Å²) < 4.78 is 1.26. The fourth-order valence-corrected chi connectivity index (χ4v) is 4.88. The van der Waals surface area contributed by atoms with Crippen molar-refractivity contribution in [3.8, 4) is 0 Å². The molecule has 0 aliphatic heterocycles. The topological polar surface area (TPSA) is 12.0 Å². The van der Waals surface area contributed by atoms with Crippen LogP contribution >= 0.6 is 27.3 Å². The summed E-state index contributed by atoms with van der Waals surface area (Å²) in [4.78, 5) is 1.46. The van der Waals surface area contributed by atoms with Crippen LogP contribution in [0.4, 0.5) is 0 Å². The van der Waals surface area contributed by atoms with Crippen LogP contribution in [-0.2, 0) is 6.42 Å². The first kappa shape index (κ1) is 13.6. The van der Waals surface area contributed by atoms with E-state index in [-0.39, 0.29) is 0 Å². The molecule has 17 heavy (non-hydrogen) atoms. The first-order valence-corrected chi connectivity index (χ1v) is 7.88. The van der Waals surface area contributed by atoms with Gasteiger partial charge < -0.3 is 5.32 Å². The molecule has 1 N–H and O–H groups in total. The quantitative estimate of drug-likeness (QED) is 0.872. The Bertz CT molecular complexity index is 394. The molecule has 1 aromatic rings. The maximum absolute atomic E-state index is 3.63. The first-order valence-electron chi connectivity index (χ1n) is 6.21. The number of hydrogen-bond donors (Lipinski definition) is 1. The zero-order chi connectivity index (χ0) is 12.8. The number of halogens is 1. The minimum Gasteiger partial charge on any atom is -0.316 e. The number of likely N-dealkylation sites (N-methyl/N-ethyl adjacent to an activating group) is 1. The maximum Gasteiger partial charge on any atom is 0.0314 e. The van der Waals surface area contributed by atoms with Crippen LogP contribution in [0.25, 0.3) is 0 Å². The van der Waals surface area contributed by atoms with Crippen molar-refractivity contribution in [2.45, 2.75) is 40.2 Å². The number of hydrogen-bond acceptors (Lipinski definition) is 2. The van der Waals surface area contributed by atoms with E-state index in [1.807, 2.05) is 11.3 Å². The van der Waals surface area contributed by atoms with E-state index in [0.29, 0.717) is 16.9 Å². The molecule has 1 nitrogen and oxygen atoms in total. The van der Waals surface area contributed by atoms with Gasteiger partial charge in [0.05, 0.1) is 0 Å². The van der Waals surface area contributed by atoms with Crippen molar-refractivity contribution in [1.82, 2.24) is 5.32 Å². The molecule has 0 saturated heterocycles. The summed E-state index contributed by atoms with van der Waals surface area (Å²) in [6.45, 7) is 9.58. The minimum absolute atomic E-state index is 0.449. The SMILES string of the molecule is CNC(Cc1sccc1Br)C1C(C)(C)C1(C)C. The van der Waals surface area contributed by atoms with Crippen LogP contribution in [0.3, 0.4) is 0 Å². The van der Waals surface area contributed by atoms with E-state index in [9.17, 15) is 0 Å². The molecule has 1 aromatic heterocycles. The Hall–Kier alpha value is 0.140. The fourth-order valence-electron chi connectivity index (χ4n) is 3.31. The fraction of sp³-hybridized carbons (Fsp3) is 0.714. The van der Waals surface area contributed by atoms with Crippen molar-refractivity contribution >= 4 is 27.3 Å². The minimum atomic E-state index is 0.449. The molecule has 1 saturated carbocycles. The highest BCUT2D eigenvalue weighted by Crippen LogP contribution is 2.69. The second kappa shape index (κ2) is 4.36. The van der Waals surface area contributed by atoms with Crippen molar-refractivity contribution in [3.05, 3.63) is 20.8 Å². The summed E-state index contributed by atoms with van der Waals surface area (Å²) in [6, 6.07) is 2.73. The summed E-state index contributed by atoms with van der Waals surface area (Å²) in [6.07, 6.45) is 1.13. The molecule has 0 bridgehead atoms. The average Bonchev–Trinajstić information content (AvgIpc) is 2.56. The predicted octanol–water partition coefficient (Wildman–Crippen LogP) is 4.32. The number of rotatable bonds is 4. The summed E-state index contributed by atoms with van der Waals surface area (Å²) in [5.74, 6) is 0.758. The summed E-state index contributed by atoms with van der Waals surface area (Å²) in [5, 5.41) is 5.69. The highest BCUT2D eigenvalue weighted by atomic mass is 79.9. The first-order chi connectivity index (χ1) is 7.82. The van der Waals surface area contributed by atoms with Gasteiger partial charge in [0.15, 0.2) is 0 Å². The van der Waals surface area contributed by atoms with Crippen LogP contribution < -0.4 is 5.32 Å². The molecule has 1 unspecified atom stereocenters. The highest BCUT2D eigenvalue weighted by Gasteiger charge is 2.66. The molecular weight excluding hydrogens is 294 g/mol. The Kier molecular flexibility index (Phi) is 3.48. The van der Waals surface area contributed by atoms with Gasteiger partial charge in [0.2, 0.25) is 0 Å². The zero-order valence-electron chi connectivity index (χ0n) is 11.3. The molecule has 1 aliphatic carbocycles. The Morgan fingerprint density at radius 1 is 1.35 bits per heavy atom.